The third-order valence-electron chi connectivity index (χ3n) is 3.74. The van der Waals surface area contributed by atoms with Gasteiger partial charge in [-0.25, -0.2) is 0 Å². The van der Waals surface area contributed by atoms with Gasteiger partial charge < -0.3 is 20.4 Å². The van der Waals surface area contributed by atoms with E-state index >= 15 is 0 Å². The summed E-state index contributed by atoms with van der Waals surface area (Å²) in [7, 11) is 0. The molecule has 1 aromatic carbocycles. The quantitative estimate of drug-likeness (QED) is 0.776. The number of nitrogens with one attached hydrogen (secondary N) is 1. The van der Waals surface area contributed by atoms with Crippen molar-refractivity contribution in [1.29, 1.82) is 0 Å². The first-order chi connectivity index (χ1) is 9.78. The molecule has 1 atom stereocenters. The van der Waals surface area contributed by atoms with Gasteiger partial charge in [0.1, 0.15) is 11.3 Å². The molecule has 4 nitrogen and oxygen atoms in total. The normalized spacial score (nSPS) is 13.2. The molecule has 0 radical (unpaired) electrons. The molecule has 0 bridgehead atoms. The van der Waals surface area contributed by atoms with Crippen molar-refractivity contribution in [2.24, 2.45) is 5.73 Å². The minimum Gasteiger partial charge on any atom is -0.459 e. The zero-order valence-corrected chi connectivity index (χ0v) is 12.4. The second-order valence-corrected chi connectivity index (χ2v) is 4.96. The Labute approximate surface area is 120 Å². The smallest absolute Gasteiger partial charge is 0.134 e. The van der Waals surface area contributed by atoms with Crippen LogP contribution in [-0.2, 0) is 0 Å². The fourth-order valence-corrected chi connectivity index (χ4v) is 2.41. The van der Waals surface area contributed by atoms with Crippen LogP contribution in [0.25, 0.3) is 11.0 Å². The van der Waals surface area contributed by atoms with Crippen LogP contribution in [-0.4, -0.2) is 37.6 Å². The maximum absolute atomic E-state index is 5.88. The SMILES string of the molecule is CCN(CC)CCNC(CN)c1cc2ccccc2o1. The maximum Gasteiger partial charge on any atom is 0.134 e. The Bertz CT molecular complexity index is 486. The second kappa shape index (κ2) is 7.43. The fraction of sp³-hybridized carbons (Fsp3) is 0.500. The Morgan fingerprint density at radius 1 is 1.25 bits per heavy atom. The molecule has 1 aromatic heterocycles. The topological polar surface area (TPSA) is 54.4 Å². The van der Waals surface area contributed by atoms with Crippen LogP contribution >= 0.6 is 0 Å². The lowest BCUT2D eigenvalue weighted by Gasteiger charge is -2.20. The summed E-state index contributed by atoms with van der Waals surface area (Å²) in [4.78, 5) is 2.39. The highest BCUT2D eigenvalue weighted by atomic mass is 16.3. The van der Waals surface area contributed by atoms with Crippen LogP contribution in [0.5, 0.6) is 0 Å². The monoisotopic (exact) mass is 275 g/mol. The summed E-state index contributed by atoms with van der Waals surface area (Å²) in [6.45, 7) is 9.01. The Kier molecular flexibility index (Phi) is 5.59. The van der Waals surface area contributed by atoms with E-state index < -0.39 is 0 Å². The molecule has 2 rings (SSSR count). The highest BCUT2D eigenvalue weighted by Gasteiger charge is 2.14. The van der Waals surface area contributed by atoms with E-state index in [2.05, 4.69) is 36.2 Å². The molecule has 0 saturated heterocycles. The molecule has 3 N–H and O–H groups in total. The average molecular weight is 275 g/mol. The lowest BCUT2D eigenvalue weighted by molar-refractivity contribution is 0.293. The Morgan fingerprint density at radius 3 is 2.65 bits per heavy atom. The highest BCUT2D eigenvalue weighted by Crippen LogP contribution is 2.23. The van der Waals surface area contributed by atoms with Crippen LogP contribution in [0.4, 0.5) is 0 Å². The van der Waals surface area contributed by atoms with Crippen molar-refractivity contribution in [2.75, 3.05) is 32.7 Å². The van der Waals surface area contributed by atoms with Gasteiger partial charge in [0.05, 0.1) is 6.04 Å². The van der Waals surface area contributed by atoms with Crippen molar-refractivity contribution < 1.29 is 4.42 Å². The summed E-state index contributed by atoms with van der Waals surface area (Å²) in [5.41, 5.74) is 6.80. The lowest BCUT2D eigenvalue weighted by atomic mass is 10.2. The molecule has 2 aromatic rings. The number of nitrogens with zero attached hydrogens (tertiary/aromatic N) is 1. The van der Waals surface area contributed by atoms with Gasteiger partial charge in [-0.3, -0.25) is 0 Å². The van der Waals surface area contributed by atoms with Crippen molar-refractivity contribution in [2.45, 2.75) is 19.9 Å². The molecule has 0 amide bonds. The van der Waals surface area contributed by atoms with Gasteiger partial charge in [0.2, 0.25) is 0 Å². The largest absolute Gasteiger partial charge is 0.459 e. The number of nitrogens with two attached hydrogens (primary N) is 1. The molecular formula is C16H25N3O. The molecule has 0 saturated carbocycles. The molecule has 0 fully saturated rings. The van der Waals surface area contributed by atoms with Gasteiger partial charge in [0, 0.05) is 25.0 Å². The van der Waals surface area contributed by atoms with E-state index in [1.54, 1.807) is 0 Å². The summed E-state index contributed by atoms with van der Waals surface area (Å²) in [6.07, 6.45) is 0. The molecule has 0 aliphatic rings. The summed E-state index contributed by atoms with van der Waals surface area (Å²) in [6, 6.07) is 10.2. The van der Waals surface area contributed by atoms with E-state index in [4.69, 9.17) is 10.2 Å². The minimum atomic E-state index is 0.0814. The summed E-state index contributed by atoms with van der Waals surface area (Å²) < 4.78 is 5.88. The highest BCUT2D eigenvalue weighted by molar-refractivity contribution is 5.77. The van der Waals surface area contributed by atoms with E-state index in [0.717, 1.165) is 42.9 Å². The maximum atomic E-state index is 5.88. The number of hydrogen-bond acceptors (Lipinski definition) is 4. The average Bonchev–Trinajstić information content (AvgIpc) is 2.91. The third kappa shape index (κ3) is 3.60. The van der Waals surface area contributed by atoms with Crippen molar-refractivity contribution in [3.63, 3.8) is 0 Å². The Morgan fingerprint density at radius 2 is 2.00 bits per heavy atom. The molecule has 1 heterocycles. The fourth-order valence-electron chi connectivity index (χ4n) is 2.41. The number of furan rings is 1. The van der Waals surface area contributed by atoms with E-state index in [1.807, 2.05) is 18.2 Å². The van der Waals surface area contributed by atoms with Gasteiger partial charge in [0.15, 0.2) is 0 Å². The van der Waals surface area contributed by atoms with E-state index in [1.165, 1.54) is 0 Å². The van der Waals surface area contributed by atoms with Gasteiger partial charge in [-0.2, -0.15) is 0 Å². The van der Waals surface area contributed by atoms with Gasteiger partial charge in [-0.15, -0.1) is 0 Å². The predicted molar refractivity (Wildman–Crippen MR) is 83.8 cm³/mol. The molecule has 20 heavy (non-hydrogen) atoms. The van der Waals surface area contributed by atoms with Crippen LogP contribution in [0.15, 0.2) is 34.7 Å². The van der Waals surface area contributed by atoms with Crippen LogP contribution in [0.1, 0.15) is 25.6 Å². The second-order valence-electron chi connectivity index (χ2n) is 4.96. The number of hydrogen-bond donors (Lipinski definition) is 2. The third-order valence-corrected chi connectivity index (χ3v) is 3.74. The van der Waals surface area contributed by atoms with E-state index in [-0.39, 0.29) is 6.04 Å². The molecule has 0 aliphatic carbocycles. The minimum absolute atomic E-state index is 0.0814. The zero-order chi connectivity index (χ0) is 14.4. The summed E-state index contributed by atoms with van der Waals surface area (Å²) >= 11 is 0. The molecule has 4 heteroatoms. The van der Waals surface area contributed by atoms with E-state index in [9.17, 15) is 0 Å². The molecule has 0 aliphatic heterocycles. The standard InChI is InChI=1S/C16H25N3O/c1-3-19(4-2)10-9-18-14(12-17)16-11-13-7-5-6-8-15(13)20-16/h5-8,11,14,18H,3-4,9-10,12,17H2,1-2H3. The predicted octanol–water partition coefficient (Wildman–Crippen LogP) is 2.36. The molecule has 0 spiro atoms. The summed E-state index contributed by atoms with van der Waals surface area (Å²) in [5, 5.41) is 4.62. The Hall–Kier alpha value is -1.36. The van der Waals surface area contributed by atoms with Crippen molar-refractivity contribution in [3.8, 4) is 0 Å². The van der Waals surface area contributed by atoms with Gasteiger partial charge in [-0.05, 0) is 25.2 Å². The van der Waals surface area contributed by atoms with Crippen molar-refractivity contribution in [3.05, 3.63) is 36.1 Å². The van der Waals surface area contributed by atoms with Crippen LogP contribution in [0, 0.1) is 0 Å². The van der Waals surface area contributed by atoms with Gasteiger partial charge in [0.25, 0.3) is 0 Å². The van der Waals surface area contributed by atoms with Crippen LogP contribution < -0.4 is 11.1 Å². The lowest BCUT2D eigenvalue weighted by Crippen LogP contribution is -2.36. The van der Waals surface area contributed by atoms with Gasteiger partial charge in [-0.1, -0.05) is 32.0 Å². The number of fused-ring (bicyclic) bond motifs is 1. The van der Waals surface area contributed by atoms with Gasteiger partial charge >= 0.3 is 0 Å². The molecule has 1 unspecified atom stereocenters. The Balaban J connectivity index is 1.97. The first-order valence-electron chi connectivity index (χ1n) is 7.42. The number of likely N-dealkylation sites (N-methyl/N-ethyl adjacent to an activating group) is 1. The molecular weight excluding hydrogens is 250 g/mol. The number of rotatable bonds is 8. The molecule has 110 valence electrons. The van der Waals surface area contributed by atoms with E-state index in [0.29, 0.717) is 6.54 Å². The zero-order valence-electron chi connectivity index (χ0n) is 12.4. The summed E-state index contributed by atoms with van der Waals surface area (Å²) in [5.74, 6) is 0.924. The number of benzene rings is 1. The van der Waals surface area contributed by atoms with Crippen molar-refractivity contribution in [1.82, 2.24) is 10.2 Å². The van der Waals surface area contributed by atoms with Crippen LogP contribution in [0.2, 0.25) is 0 Å². The van der Waals surface area contributed by atoms with Crippen molar-refractivity contribution >= 4 is 11.0 Å². The van der Waals surface area contributed by atoms with Crippen LogP contribution in [0.3, 0.4) is 0 Å². The first-order valence-corrected chi connectivity index (χ1v) is 7.42. The number of para-hydroxylation sites is 1. The first kappa shape index (κ1) is 15.0.